The molecule has 0 bridgehead atoms. The van der Waals surface area contributed by atoms with Gasteiger partial charge in [-0.15, -0.1) is 11.3 Å². The van der Waals surface area contributed by atoms with E-state index in [1.54, 1.807) is 0 Å². The number of anilines is 1. The second-order valence-corrected chi connectivity index (χ2v) is 11.4. The standard InChI is InChI=1S/C32H35N3O2S/c36-32(29-7-5-17-33-29)34-25-13-11-24(12-14-25)31-28(27-6-1-2-8-30(27)38-31)22-23-9-15-26(16-10-23)37-21-20-35-18-3-4-19-35/h1-2,6,8-16,29,33H,3-5,7,17-22H2,(H,34,36). The fourth-order valence-electron chi connectivity index (χ4n) is 5.56. The van der Waals surface area contributed by atoms with E-state index in [-0.39, 0.29) is 11.9 Å². The molecule has 1 unspecified atom stereocenters. The SMILES string of the molecule is O=C(Nc1ccc(-c2sc3ccccc3c2Cc2ccc(OCCN3CCCC3)cc2)cc1)C1CCCN1. The maximum absolute atomic E-state index is 12.5. The Morgan fingerprint density at radius 1 is 0.974 bits per heavy atom. The van der Waals surface area contributed by atoms with E-state index in [2.05, 4.69) is 76.2 Å². The van der Waals surface area contributed by atoms with Gasteiger partial charge in [0, 0.05) is 21.8 Å². The summed E-state index contributed by atoms with van der Waals surface area (Å²) < 4.78 is 7.31. The lowest BCUT2D eigenvalue weighted by atomic mass is 9.99. The number of carbonyl (C=O) groups is 1. The normalized spacial score (nSPS) is 17.7. The third-order valence-electron chi connectivity index (χ3n) is 7.67. The van der Waals surface area contributed by atoms with E-state index >= 15 is 0 Å². The van der Waals surface area contributed by atoms with Crippen LogP contribution >= 0.6 is 11.3 Å². The highest BCUT2D eigenvalue weighted by molar-refractivity contribution is 7.22. The molecule has 3 aromatic carbocycles. The first kappa shape index (κ1) is 25.1. The molecule has 4 aromatic rings. The molecule has 3 heterocycles. The van der Waals surface area contributed by atoms with Crippen molar-refractivity contribution in [2.75, 3.05) is 38.1 Å². The van der Waals surface area contributed by atoms with Crippen molar-refractivity contribution in [2.24, 2.45) is 0 Å². The summed E-state index contributed by atoms with van der Waals surface area (Å²) in [6.45, 7) is 5.07. The van der Waals surface area contributed by atoms with Crippen LogP contribution in [-0.4, -0.2) is 49.6 Å². The number of amides is 1. The molecule has 6 rings (SSSR count). The maximum atomic E-state index is 12.5. The highest BCUT2D eigenvalue weighted by Crippen LogP contribution is 2.40. The summed E-state index contributed by atoms with van der Waals surface area (Å²) in [4.78, 5) is 16.3. The fraction of sp³-hybridized carbons (Fsp3) is 0.344. The highest BCUT2D eigenvalue weighted by atomic mass is 32.1. The minimum atomic E-state index is -0.0780. The Kier molecular flexibility index (Phi) is 7.72. The van der Waals surface area contributed by atoms with E-state index in [9.17, 15) is 4.79 Å². The number of likely N-dealkylation sites (tertiary alicyclic amines) is 1. The van der Waals surface area contributed by atoms with Gasteiger partial charge in [-0.2, -0.15) is 0 Å². The van der Waals surface area contributed by atoms with Crippen LogP contribution in [0.3, 0.4) is 0 Å². The van der Waals surface area contributed by atoms with Crippen LogP contribution in [0.2, 0.25) is 0 Å². The lowest BCUT2D eigenvalue weighted by Gasteiger charge is -2.15. The highest BCUT2D eigenvalue weighted by Gasteiger charge is 2.22. The number of benzene rings is 3. The van der Waals surface area contributed by atoms with Crippen LogP contribution in [0.1, 0.15) is 36.8 Å². The summed E-state index contributed by atoms with van der Waals surface area (Å²) in [5, 5.41) is 7.64. The van der Waals surface area contributed by atoms with E-state index in [0.717, 1.165) is 50.4 Å². The average molecular weight is 526 g/mol. The van der Waals surface area contributed by atoms with Crippen molar-refractivity contribution < 1.29 is 9.53 Å². The second-order valence-electron chi connectivity index (χ2n) is 10.3. The second kappa shape index (κ2) is 11.7. The van der Waals surface area contributed by atoms with Crippen LogP contribution < -0.4 is 15.4 Å². The Hall–Kier alpha value is -3.19. The van der Waals surface area contributed by atoms with E-state index in [1.165, 1.54) is 57.6 Å². The van der Waals surface area contributed by atoms with Gasteiger partial charge in [-0.3, -0.25) is 9.69 Å². The molecule has 1 atom stereocenters. The zero-order valence-electron chi connectivity index (χ0n) is 21.7. The van der Waals surface area contributed by atoms with Crippen LogP contribution in [-0.2, 0) is 11.2 Å². The number of nitrogens with zero attached hydrogens (tertiary/aromatic N) is 1. The van der Waals surface area contributed by atoms with Gasteiger partial charge in [0.2, 0.25) is 5.91 Å². The van der Waals surface area contributed by atoms with E-state index in [1.807, 2.05) is 23.5 Å². The van der Waals surface area contributed by atoms with Crippen molar-refractivity contribution in [3.05, 3.63) is 83.9 Å². The average Bonchev–Trinajstić information content (AvgIpc) is 3.73. The van der Waals surface area contributed by atoms with Gasteiger partial charge in [0.05, 0.1) is 6.04 Å². The van der Waals surface area contributed by atoms with Gasteiger partial charge in [0.25, 0.3) is 0 Å². The molecule has 0 saturated carbocycles. The van der Waals surface area contributed by atoms with Gasteiger partial charge < -0.3 is 15.4 Å². The summed E-state index contributed by atoms with van der Waals surface area (Å²) >= 11 is 1.84. The fourth-order valence-corrected chi connectivity index (χ4v) is 6.78. The van der Waals surface area contributed by atoms with Crippen LogP contribution in [0.15, 0.2) is 72.8 Å². The predicted octanol–water partition coefficient (Wildman–Crippen LogP) is 6.32. The Morgan fingerprint density at radius 3 is 2.53 bits per heavy atom. The van der Waals surface area contributed by atoms with Crippen LogP contribution in [0.5, 0.6) is 5.75 Å². The zero-order valence-corrected chi connectivity index (χ0v) is 22.6. The van der Waals surface area contributed by atoms with Crippen LogP contribution in [0, 0.1) is 0 Å². The van der Waals surface area contributed by atoms with Crippen molar-refractivity contribution in [3.8, 4) is 16.2 Å². The Balaban J connectivity index is 1.17. The quantitative estimate of drug-likeness (QED) is 0.268. The Morgan fingerprint density at radius 2 is 1.76 bits per heavy atom. The maximum Gasteiger partial charge on any atom is 0.241 e. The lowest BCUT2D eigenvalue weighted by Crippen LogP contribution is -2.35. The first-order valence-electron chi connectivity index (χ1n) is 13.8. The molecule has 5 nitrogen and oxygen atoms in total. The molecule has 0 radical (unpaired) electrons. The lowest BCUT2D eigenvalue weighted by molar-refractivity contribution is -0.117. The van der Waals surface area contributed by atoms with Crippen molar-refractivity contribution in [1.82, 2.24) is 10.2 Å². The number of hydrogen-bond donors (Lipinski definition) is 2. The van der Waals surface area contributed by atoms with Crippen molar-refractivity contribution in [1.29, 1.82) is 0 Å². The zero-order chi connectivity index (χ0) is 25.7. The minimum absolute atomic E-state index is 0.0567. The molecule has 2 aliphatic heterocycles. The molecule has 38 heavy (non-hydrogen) atoms. The monoisotopic (exact) mass is 525 g/mol. The van der Waals surface area contributed by atoms with Crippen molar-refractivity contribution in [3.63, 3.8) is 0 Å². The predicted molar refractivity (Wildman–Crippen MR) is 157 cm³/mol. The van der Waals surface area contributed by atoms with E-state index in [0.29, 0.717) is 0 Å². The molecule has 1 aromatic heterocycles. The Labute approximate surface area is 228 Å². The summed E-state index contributed by atoms with van der Waals surface area (Å²) in [6.07, 6.45) is 5.44. The number of carbonyl (C=O) groups excluding carboxylic acids is 1. The Bertz CT molecular complexity index is 1370. The molecule has 196 valence electrons. The smallest absolute Gasteiger partial charge is 0.241 e. The van der Waals surface area contributed by atoms with Gasteiger partial charge in [0.15, 0.2) is 0 Å². The molecule has 2 aliphatic rings. The third kappa shape index (κ3) is 5.78. The van der Waals surface area contributed by atoms with Gasteiger partial charge in [-0.25, -0.2) is 0 Å². The number of hydrogen-bond acceptors (Lipinski definition) is 5. The molecule has 2 saturated heterocycles. The molecule has 6 heteroatoms. The van der Waals surface area contributed by atoms with E-state index in [4.69, 9.17) is 4.74 Å². The van der Waals surface area contributed by atoms with Crippen molar-refractivity contribution in [2.45, 2.75) is 38.1 Å². The summed E-state index contributed by atoms with van der Waals surface area (Å²) in [7, 11) is 0. The first-order valence-corrected chi connectivity index (χ1v) is 14.6. The van der Waals surface area contributed by atoms with Gasteiger partial charge in [-0.1, -0.05) is 42.5 Å². The van der Waals surface area contributed by atoms with Crippen molar-refractivity contribution >= 4 is 33.0 Å². The third-order valence-corrected chi connectivity index (χ3v) is 8.93. The van der Waals surface area contributed by atoms with Gasteiger partial charge in [0.1, 0.15) is 12.4 Å². The van der Waals surface area contributed by atoms with Gasteiger partial charge >= 0.3 is 0 Å². The van der Waals surface area contributed by atoms with Gasteiger partial charge in [-0.05, 0) is 104 Å². The van der Waals surface area contributed by atoms with E-state index < -0.39 is 0 Å². The van der Waals surface area contributed by atoms with Crippen LogP contribution in [0.4, 0.5) is 5.69 Å². The summed E-state index contributed by atoms with van der Waals surface area (Å²) in [5.41, 5.74) is 4.64. The molecule has 0 aliphatic carbocycles. The molecule has 2 fully saturated rings. The minimum Gasteiger partial charge on any atom is -0.492 e. The van der Waals surface area contributed by atoms with Crippen LogP contribution in [0.25, 0.3) is 20.5 Å². The molecular formula is C32H35N3O2S. The summed E-state index contributed by atoms with van der Waals surface area (Å²) in [6, 6.07) is 25.5. The number of rotatable bonds is 9. The molecule has 1 amide bonds. The number of fused-ring (bicyclic) bond motifs is 1. The molecule has 2 N–H and O–H groups in total. The molecular weight excluding hydrogens is 490 g/mol. The number of nitrogens with one attached hydrogen (secondary N) is 2. The largest absolute Gasteiger partial charge is 0.492 e. The topological polar surface area (TPSA) is 53.6 Å². The molecule has 0 spiro atoms. The summed E-state index contributed by atoms with van der Waals surface area (Å²) in [5.74, 6) is 0.995. The first-order chi connectivity index (χ1) is 18.7. The number of ether oxygens (including phenoxy) is 1. The number of thiophene rings is 1.